The molecule has 1 aromatic heterocycles. The average Bonchev–Trinajstić information content (AvgIpc) is 2.79. The predicted octanol–water partition coefficient (Wildman–Crippen LogP) is 2.23. The fourth-order valence-corrected chi connectivity index (χ4v) is 2.21. The Hall–Kier alpha value is -2.30. The van der Waals surface area contributed by atoms with Crippen LogP contribution in [-0.2, 0) is 7.05 Å². The van der Waals surface area contributed by atoms with Crippen molar-refractivity contribution in [3.8, 4) is 22.8 Å². The van der Waals surface area contributed by atoms with Gasteiger partial charge in [0.15, 0.2) is 6.29 Å². The average molecular weight is 260 g/mol. The number of benzene rings is 1. The van der Waals surface area contributed by atoms with Crippen LogP contribution in [0.2, 0.25) is 0 Å². The van der Waals surface area contributed by atoms with E-state index in [0.717, 1.165) is 28.9 Å². The second kappa shape index (κ2) is 5.14. The number of aryl methyl sites for hydroxylation is 1. The molecule has 5 heteroatoms. The molecule has 0 unspecified atom stereocenters. The van der Waals surface area contributed by atoms with Crippen LogP contribution in [0.25, 0.3) is 11.3 Å². The quantitative estimate of drug-likeness (QED) is 0.791. The lowest BCUT2D eigenvalue weighted by molar-refractivity contribution is 0.112. The molecule has 0 radical (unpaired) electrons. The van der Waals surface area contributed by atoms with Crippen LogP contribution < -0.4 is 9.47 Å². The molecule has 100 valence electrons. The van der Waals surface area contributed by atoms with Crippen molar-refractivity contribution in [1.29, 1.82) is 0 Å². The van der Waals surface area contributed by atoms with Gasteiger partial charge in [-0.05, 0) is 19.1 Å². The summed E-state index contributed by atoms with van der Waals surface area (Å²) in [7, 11) is 5.01. The molecular formula is C14H16N2O3. The van der Waals surface area contributed by atoms with Gasteiger partial charge in [0.1, 0.15) is 11.5 Å². The van der Waals surface area contributed by atoms with E-state index in [2.05, 4.69) is 5.10 Å². The van der Waals surface area contributed by atoms with Crippen LogP contribution in [0.1, 0.15) is 15.9 Å². The van der Waals surface area contributed by atoms with Gasteiger partial charge in [0.2, 0.25) is 0 Å². The maximum absolute atomic E-state index is 11.1. The number of nitrogens with zero attached hydrogens (tertiary/aromatic N) is 2. The molecule has 0 aliphatic rings. The van der Waals surface area contributed by atoms with Gasteiger partial charge < -0.3 is 9.47 Å². The Morgan fingerprint density at radius 2 is 2.00 bits per heavy atom. The minimum Gasteiger partial charge on any atom is -0.496 e. The predicted molar refractivity (Wildman–Crippen MR) is 71.9 cm³/mol. The lowest BCUT2D eigenvalue weighted by Gasteiger charge is -2.15. The minimum atomic E-state index is 0.533. The Morgan fingerprint density at radius 1 is 1.26 bits per heavy atom. The molecule has 0 amide bonds. The third-order valence-electron chi connectivity index (χ3n) is 3.13. The normalized spacial score (nSPS) is 10.3. The highest BCUT2D eigenvalue weighted by molar-refractivity contribution is 5.88. The van der Waals surface area contributed by atoms with Gasteiger partial charge in [-0.25, -0.2) is 0 Å². The molecule has 0 N–H and O–H groups in total. The number of aldehydes is 1. The largest absolute Gasteiger partial charge is 0.496 e. The fraction of sp³-hybridized carbons (Fsp3) is 0.286. The first-order valence-electron chi connectivity index (χ1n) is 5.83. The summed E-state index contributed by atoms with van der Waals surface area (Å²) in [6.07, 6.45) is 2.34. The van der Waals surface area contributed by atoms with E-state index in [4.69, 9.17) is 9.47 Å². The Balaban J connectivity index is 2.72. The van der Waals surface area contributed by atoms with E-state index in [0.29, 0.717) is 11.3 Å². The maximum Gasteiger partial charge on any atom is 0.153 e. The van der Waals surface area contributed by atoms with Crippen LogP contribution >= 0.6 is 0 Å². The van der Waals surface area contributed by atoms with Crippen LogP contribution in [0.4, 0.5) is 0 Å². The number of hydrogen-bond acceptors (Lipinski definition) is 4. The van der Waals surface area contributed by atoms with Gasteiger partial charge in [-0.3, -0.25) is 9.48 Å². The minimum absolute atomic E-state index is 0.533. The molecule has 5 nitrogen and oxygen atoms in total. The second-order valence-corrected chi connectivity index (χ2v) is 4.16. The molecule has 19 heavy (non-hydrogen) atoms. The van der Waals surface area contributed by atoms with E-state index in [9.17, 15) is 4.79 Å². The van der Waals surface area contributed by atoms with Crippen LogP contribution in [0, 0.1) is 6.92 Å². The third kappa shape index (κ3) is 2.07. The fourth-order valence-electron chi connectivity index (χ4n) is 2.21. The molecule has 2 rings (SSSR count). The van der Waals surface area contributed by atoms with E-state index >= 15 is 0 Å². The number of hydrogen-bond donors (Lipinski definition) is 0. The zero-order valence-corrected chi connectivity index (χ0v) is 11.4. The number of methoxy groups -OCH3 is 2. The maximum atomic E-state index is 11.1. The van der Waals surface area contributed by atoms with Gasteiger partial charge in [0.05, 0.1) is 31.7 Å². The van der Waals surface area contributed by atoms with Crippen LogP contribution in [-0.4, -0.2) is 30.3 Å². The van der Waals surface area contributed by atoms with Crippen molar-refractivity contribution in [2.75, 3.05) is 14.2 Å². The number of carbonyl (C=O) groups is 1. The van der Waals surface area contributed by atoms with E-state index in [1.54, 1.807) is 32.1 Å². The molecule has 0 spiro atoms. The molecule has 0 saturated heterocycles. The highest BCUT2D eigenvalue weighted by Crippen LogP contribution is 2.38. The first-order valence-corrected chi connectivity index (χ1v) is 5.83. The summed E-state index contributed by atoms with van der Waals surface area (Å²) in [6, 6.07) is 3.73. The summed E-state index contributed by atoms with van der Waals surface area (Å²) in [5.74, 6) is 1.43. The van der Waals surface area contributed by atoms with Gasteiger partial charge >= 0.3 is 0 Å². The van der Waals surface area contributed by atoms with Crippen LogP contribution in [0.15, 0.2) is 18.3 Å². The number of carbonyl (C=O) groups excluding carboxylic acids is 1. The molecule has 0 saturated carbocycles. The van der Waals surface area contributed by atoms with Crippen molar-refractivity contribution < 1.29 is 14.3 Å². The van der Waals surface area contributed by atoms with Crippen molar-refractivity contribution in [2.45, 2.75) is 6.92 Å². The van der Waals surface area contributed by atoms with Gasteiger partial charge in [0, 0.05) is 18.2 Å². The SMILES string of the molecule is COc1ccc(-c2c(C=O)cnn2C)c(OC)c1C. The van der Waals surface area contributed by atoms with Gasteiger partial charge in [0.25, 0.3) is 0 Å². The number of aromatic nitrogens is 2. The van der Waals surface area contributed by atoms with Gasteiger partial charge in [-0.2, -0.15) is 5.10 Å². The molecule has 0 bridgehead atoms. The highest BCUT2D eigenvalue weighted by Gasteiger charge is 2.18. The molecule has 2 aromatic rings. The number of ether oxygens (including phenoxy) is 2. The summed E-state index contributed by atoms with van der Waals surface area (Å²) in [4.78, 5) is 11.1. The molecule has 1 heterocycles. The second-order valence-electron chi connectivity index (χ2n) is 4.16. The highest BCUT2D eigenvalue weighted by atomic mass is 16.5. The van der Waals surface area contributed by atoms with Gasteiger partial charge in [-0.1, -0.05) is 0 Å². The van der Waals surface area contributed by atoms with E-state index in [1.807, 2.05) is 19.1 Å². The first-order chi connectivity index (χ1) is 9.13. The van der Waals surface area contributed by atoms with E-state index in [-0.39, 0.29) is 0 Å². The molecule has 0 aliphatic heterocycles. The summed E-state index contributed by atoms with van der Waals surface area (Å²) in [5.41, 5.74) is 2.98. The molecule has 0 aliphatic carbocycles. The van der Waals surface area contributed by atoms with Crippen molar-refractivity contribution in [2.24, 2.45) is 7.05 Å². The molecular weight excluding hydrogens is 244 g/mol. The zero-order chi connectivity index (χ0) is 14.0. The zero-order valence-electron chi connectivity index (χ0n) is 11.4. The van der Waals surface area contributed by atoms with E-state index in [1.165, 1.54) is 0 Å². The standard InChI is InChI=1S/C14H16N2O3/c1-9-12(18-3)6-5-11(14(9)19-4)13-10(8-17)7-15-16(13)2/h5-8H,1-4H3. The van der Waals surface area contributed by atoms with Crippen molar-refractivity contribution in [3.05, 3.63) is 29.5 Å². The molecule has 0 atom stereocenters. The lowest BCUT2D eigenvalue weighted by Crippen LogP contribution is -2.00. The number of rotatable bonds is 4. The summed E-state index contributed by atoms with van der Waals surface area (Å²) < 4.78 is 12.4. The topological polar surface area (TPSA) is 53.3 Å². The molecule has 0 fully saturated rings. The summed E-state index contributed by atoms with van der Waals surface area (Å²) in [5, 5.41) is 4.11. The summed E-state index contributed by atoms with van der Waals surface area (Å²) in [6.45, 7) is 1.91. The Kier molecular flexibility index (Phi) is 3.55. The Bertz CT molecular complexity index is 617. The first kappa shape index (κ1) is 13.1. The van der Waals surface area contributed by atoms with E-state index < -0.39 is 0 Å². The molecule has 1 aromatic carbocycles. The van der Waals surface area contributed by atoms with Crippen molar-refractivity contribution in [1.82, 2.24) is 9.78 Å². The summed E-state index contributed by atoms with van der Waals surface area (Å²) >= 11 is 0. The Morgan fingerprint density at radius 3 is 2.58 bits per heavy atom. The smallest absolute Gasteiger partial charge is 0.153 e. The van der Waals surface area contributed by atoms with Crippen molar-refractivity contribution in [3.63, 3.8) is 0 Å². The van der Waals surface area contributed by atoms with Crippen molar-refractivity contribution >= 4 is 6.29 Å². The Labute approximate surface area is 111 Å². The van der Waals surface area contributed by atoms with Gasteiger partial charge in [-0.15, -0.1) is 0 Å². The monoisotopic (exact) mass is 260 g/mol. The third-order valence-corrected chi connectivity index (χ3v) is 3.13. The van der Waals surface area contributed by atoms with Crippen LogP contribution in [0.5, 0.6) is 11.5 Å². The lowest BCUT2D eigenvalue weighted by atomic mass is 10.0. The van der Waals surface area contributed by atoms with Crippen LogP contribution in [0.3, 0.4) is 0 Å².